The van der Waals surface area contributed by atoms with E-state index in [1.54, 1.807) is 27.4 Å². The normalized spacial score (nSPS) is 21.6. The van der Waals surface area contributed by atoms with E-state index in [9.17, 15) is 18.0 Å². The fourth-order valence-electron chi connectivity index (χ4n) is 4.28. The van der Waals surface area contributed by atoms with Crippen LogP contribution in [0.15, 0.2) is 29.2 Å². The zero-order valence-electron chi connectivity index (χ0n) is 18.1. The van der Waals surface area contributed by atoms with Crippen LogP contribution in [0, 0.1) is 5.92 Å². The van der Waals surface area contributed by atoms with Gasteiger partial charge in [0.15, 0.2) is 0 Å². The molecule has 2 aliphatic rings. The molecule has 2 amide bonds. The summed E-state index contributed by atoms with van der Waals surface area (Å²) in [5, 5.41) is 2.93. The molecule has 0 radical (unpaired) electrons. The van der Waals surface area contributed by atoms with Gasteiger partial charge in [0.05, 0.1) is 4.90 Å². The Morgan fingerprint density at radius 3 is 2.40 bits per heavy atom. The first-order chi connectivity index (χ1) is 14.2. The van der Waals surface area contributed by atoms with Crippen molar-refractivity contribution >= 4 is 21.8 Å². The molecule has 30 heavy (non-hydrogen) atoms. The first-order valence-corrected chi connectivity index (χ1v) is 12.4. The number of hydrogen-bond donors (Lipinski definition) is 1. The lowest BCUT2D eigenvalue weighted by atomic mass is 9.95. The van der Waals surface area contributed by atoms with Crippen LogP contribution in [-0.4, -0.2) is 61.2 Å². The van der Waals surface area contributed by atoms with Crippen molar-refractivity contribution in [2.45, 2.75) is 69.9 Å². The van der Waals surface area contributed by atoms with E-state index in [0.717, 1.165) is 19.3 Å². The van der Waals surface area contributed by atoms with Crippen LogP contribution in [-0.2, 0) is 14.8 Å². The highest BCUT2D eigenvalue weighted by atomic mass is 32.2. The maximum atomic E-state index is 13.1. The molecule has 1 aromatic carbocycles. The minimum atomic E-state index is -3.62. The van der Waals surface area contributed by atoms with Crippen molar-refractivity contribution in [3.05, 3.63) is 29.8 Å². The van der Waals surface area contributed by atoms with Crippen molar-refractivity contribution in [1.29, 1.82) is 0 Å². The van der Waals surface area contributed by atoms with E-state index < -0.39 is 10.0 Å². The molecule has 1 N–H and O–H groups in total. The van der Waals surface area contributed by atoms with Crippen molar-refractivity contribution < 1.29 is 18.0 Å². The van der Waals surface area contributed by atoms with Crippen LogP contribution >= 0.6 is 0 Å². The quantitative estimate of drug-likeness (QED) is 0.770. The summed E-state index contributed by atoms with van der Waals surface area (Å²) in [6.07, 6.45) is 4.00. The summed E-state index contributed by atoms with van der Waals surface area (Å²) in [4.78, 5) is 27.1. The van der Waals surface area contributed by atoms with Crippen molar-refractivity contribution in [1.82, 2.24) is 14.5 Å². The van der Waals surface area contributed by atoms with E-state index in [4.69, 9.17) is 0 Å². The van der Waals surface area contributed by atoms with Crippen LogP contribution in [0.4, 0.5) is 0 Å². The van der Waals surface area contributed by atoms with Gasteiger partial charge in [0.2, 0.25) is 15.9 Å². The molecule has 2 saturated heterocycles. The SMILES string of the molecule is CC(C)NC(=O)C1CCN(C(=O)c2cccc(S(=O)(=O)N3CCCCC3C)c2)CC1. The predicted octanol–water partition coefficient (Wildman–Crippen LogP) is 2.63. The molecule has 7 nitrogen and oxygen atoms in total. The van der Waals surface area contributed by atoms with Crippen LogP contribution in [0.3, 0.4) is 0 Å². The highest BCUT2D eigenvalue weighted by molar-refractivity contribution is 7.89. The summed E-state index contributed by atoms with van der Waals surface area (Å²) < 4.78 is 27.8. The van der Waals surface area contributed by atoms with Gasteiger partial charge < -0.3 is 10.2 Å². The van der Waals surface area contributed by atoms with E-state index >= 15 is 0 Å². The monoisotopic (exact) mass is 435 g/mol. The average molecular weight is 436 g/mol. The third-order valence-corrected chi connectivity index (χ3v) is 8.02. The molecule has 1 unspecified atom stereocenters. The van der Waals surface area contributed by atoms with Gasteiger partial charge in [0.25, 0.3) is 5.91 Å². The number of carbonyl (C=O) groups excluding carboxylic acids is 2. The highest BCUT2D eigenvalue weighted by Gasteiger charge is 2.32. The zero-order chi connectivity index (χ0) is 21.9. The Morgan fingerprint density at radius 2 is 1.77 bits per heavy atom. The fourth-order valence-corrected chi connectivity index (χ4v) is 6.03. The Balaban J connectivity index is 1.69. The van der Waals surface area contributed by atoms with Gasteiger partial charge in [-0.05, 0) is 64.7 Å². The second-order valence-corrected chi connectivity index (χ2v) is 10.6. The molecule has 166 valence electrons. The molecule has 0 spiro atoms. The number of carbonyl (C=O) groups is 2. The summed E-state index contributed by atoms with van der Waals surface area (Å²) in [5.41, 5.74) is 0.380. The van der Waals surface area contributed by atoms with E-state index in [0.29, 0.717) is 38.0 Å². The number of hydrogen-bond acceptors (Lipinski definition) is 4. The summed E-state index contributed by atoms with van der Waals surface area (Å²) in [6.45, 7) is 7.31. The van der Waals surface area contributed by atoms with E-state index in [2.05, 4.69) is 5.32 Å². The molecule has 0 saturated carbocycles. The van der Waals surface area contributed by atoms with Crippen LogP contribution in [0.25, 0.3) is 0 Å². The maximum Gasteiger partial charge on any atom is 0.253 e. The van der Waals surface area contributed by atoms with Crippen LogP contribution in [0.5, 0.6) is 0 Å². The smallest absolute Gasteiger partial charge is 0.253 e. The molecule has 0 aliphatic carbocycles. The summed E-state index contributed by atoms with van der Waals surface area (Å²) >= 11 is 0. The molecule has 1 aromatic rings. The number of piperidine rings is 2. The molecule has 3 rings (SSSR count). The Kier molecular flexibility index (Phi) is 7.18. The predicted molar refractivity (Wildman–Crippen MR) is 116 cm³/mol. The summed E-state index contributed by atoms with van der Waals surface area (Å²) in [5.74, 6) is -0.217. The van der Waals surface area contributed by atoms with E-state index in [1.165, 1.54) is 6.07 Å². The number of nitrogens with one attached hydrogen (secondary N) is 1. The minimum Gasteiger partial charge on any atom is -0.354 e. The summed E-state index contributed by atoms with van der Waals surface area (Å²) in [6, 6.07) is 6.44. The number of benzene rings is 1. The number of amides is 2. The van der Waals surface area contributed by atoms with Crippen molar-refractivity contribution in [3.63, 3.8) is 0 Å². The van der Waals surface area contributed by atoms with Gasteiger partial charge in [-0.25, -0.2) is 8.42 Å². The lowest BCUT2D eigenvalue weighted by Gasteiger charge is -2.33. The molecule has 2 aliphatic heterocycles. The van der Waals surface area contributed by atoms with E-state index in [1.807, 2.05) is 20.8 Å². The maximum absolute atomic E-state index is 13.1. The topological polar surface area (TPSA) is 86.8 Å². The first kappa shape index (κ1) is 22.7. The molecule has 1 atom stereocenters. The van der Waals surface area contributed by atoms with E-state index in [-0.39, 0.29) is 34.7 Å². The second kappa shape index (κ2) is 9.47. The van der Waals surface area contributed by atoms with Gasteiger partial charge in [-0.2, -0.15) is 4.31 Å². The van der Waals surface area contributed by atoms with Crippen LogP contribution in [0.2, 0.25) is 0 Å². The Bertz CT molecular complexity index is 876. The third-order valence-electron chi connectivity index (χ3n) is 6.01. The zero-order valence-corrected chi connectivity index (χ0v) is 19.0. The molecule has 0 aromatic heterocycles. The molecular formula is C22H33N3O4S. The minimum absolute atomic E-state index is 0.0286. The third kappa shape index (κ3) is 5.03. The number of likely N-dealkylation sites (tertiary alicyclic amines) is 1. The van der Waals surface area contributed by atoms with Gasteiger partial charge in [-0.1, -0.05) is 12.5 Å². The molecule has 0 bridgehead atoms. The second-order valence-electron chi connectivity index (χ2n) is 8.72. The Labute approximate surface area is 179 Å². The number of sulfonamides is 1. The van der Waals surface area contributed by atoms with Gasteiger partial charge in [0.1, 0.15) is 0 Å². The van der Waals surface area contributed by atoms with Crippen molar-refractivity contribution in [3.8, 4) is 0 Å². The Hall–Kier alpha value is -1.93. The van der Waals surface area contributed by atoms with Crippen LogP contribution < -0.4 is 5.32 Å². The lowest BCUT2D eigenvalue weighted by molar-refractivity contribution is -0.126. The standard InChI is InChI=1S/C22H33N3O4S/c1-16(2)23-21(26)18-10-13-24(14-11-18)22(27)19-8-6-9-20(15-19)30(28,29)25-12-5-4-7-17(25)3/h6,8-9,15-18H,4-5,7,10-14H2,1-3H3,(H,23,26). The molecule has 2 heterocycles. The number of nitrogens with zero attached hydrogens (tertiary/aromatic N) is 2. The lowest BCUT2D eigenvalue weighted by Crippen LogP contribution is -2.44. The van der Waals surface area contributed by atoms with Crippen molar-refractivity contribution in [2.24, 2.45) is 5.92 Å². The summed E-state index contributed by atoms with van der Waals surface area (Å²) in [7, 11) is -3.62. The fraction of sp³-hybridized carbons (Fsp3) is 0.636. The molecule has 2 fully saturated rings. The van der Waals surface area contributed by atoms with Gasteiger partial charge in [-0.3, -0.25) is 9.59 Å². The number of rotatable bonds is 5. The molecular weight excluding hydrogens is 402 g/mol. The highest BCUT2D eigenvalue weighted by Crippen LogP contribution is 2.26. The molecule has 8 heteroatoms. The van der Waals surface area contributed by atoms with Gasteiger partial charge in [-0.15, -0.1) is 0 Å². The van der Waals surface area contributed by atoms with Crippen molar-refractivity contribution in [2.75, 3.05) is 19.6 Å². The first-order valence-electron chi connectivity index (χ1n) is 10.9. The van der Waals surface area contributed by atoms with Gasteiger partial charge in [0, 0.05) is 43.2 Å². The largest absolute Gasteiger partial charge is 0.354 e. The van der Waals surface area contributed by atoms with Gasteiger partial charge >= 0.3 is 0 Å². The Morgan fingerprint density at radius 1 is 1.07 bits per heavy atom. The van der Waals surface area contributed by atoms with Crippen LogP contribution in [0.1, 0.15) is 63.2 Å². The average Bonchev–Trinajstić information content (AvgIpc) is 2.73.